The molecule has 1 rings (SSSR count). The van der Waals surface area contributed by atoms with Gasteiger partial charge in [0.15, 0.2) is 0 Å². The second kappa shape index (κ2) is 4.92. The molecule has 2 nitrogen and oxygen atoms in total. The molecule has 0 aromatic heterocycles. The highest BCUT2D eigenvalue weighted by Gasteiger charge is 2.29. The molecule has 0 unspecified atom stereocenters. The van der Waals surface area contributed by atoms with E-state index in [1.807, 2.05) is 0 Å². The molecule has 0 atom stereocenters. The van der Waals surface area contributed by atoms with Crippen LogP contribution < -0.4 is 0 Å². The van der Waals surface area contributed by atoms with Crippen LogP contribution in [0.2, 0.25) is 0 Å². The Hall–Kier alpha value is -0.370. The van der Waals surface area contributed by atoms with E-state index in [0.29, 0.717) is 23.7 Å². The lowest BCUT2D eigenvalue weighted by Gasteiger charge is -2.42. The predicted octanol–water partition coefficient (Wildman–Crippen LogP) is 2.33. The molecule has 1 aliphatic heterocycles. The molecule has 1 fully saturated rings. The summed E-state index contributed by atoms with van der Waals surface area (Å²) in [5.74, 6) is 1.61. The first kappa shape index (κ1) is 11.7. The number of carbonyl (C=O) groups excluding carboxylic acids is 1. The average molecular weight is 197 g/mol. The molecule has 1 aliphatic rings. The van der Waals surface area contributed by atoms with Gasteiger partial charge in [-0.15, -0.1) is 0 Å². The second-order valence-electron chi connectivity index (χ2n) is 5.25. The lowest BCUT2D eigenvalue weighted by molar-refractivity contribution is -0.122. The fourth-order valence-corrected chi connectivity index (χ4v) is 2.02. The summed E-state index contributed by atoms with van der Waals surface area (Å²) in [4.78, 5) is 13.9. The molecule has 1 saturated heterocycles. The van der Waals surface area contributed by atoms with Crippen molar-refractivity contribution in [2.24, 2.45) is 11.8 Å². The Morgan fingerprint density at radius 3 is 2.29 bits per heavy atom. The van der Waals surface area contributed by atoms with Gasteiger partial charge < -0.3 is 4.90 Å². The maximum Gasteiger partial charge on any atom is 0.133 e. The molecule has 82 valence electrons. The summed E-state index contributed by atoms with van der Waals surface area (Å²) in [6.07, 6.45) is 1.57. The van der Waals surface area contributed by atoms with Gasteiger partial charge in [-0.2, -0.15) is 0 Å². The molecule has 0 spiro atoms. The first-order chi connectivity index (χ1) is 6.49. The van der Waals surface area contributed by atoms with Crippen LogP contribution in [0, 0.1) is 11.8 Å². The van der Waals surface area contributed by atoms with Crippen molar-refractivity contribution in [1.29, 1.82) is 0 Å². The van der Waals surface area contributed by atoms with Crippen LogP contribution in [0.15, 0.2) is 0 Å². The Bertz CT molecular complexity index is 192. The van der Waals surface area contributed by atoms with Crippen LogP contribution in [0.1, 0.15) is 40.5 Å². The Balaban J connectivity index is 2.13. The molecule has 0 N–H and O–H groups in total. The summed E-state index contributed by atoms with van der Waals surface area (Å²) in [7, 11) is 0. The zero-order chi connectivity index (χ0) is 10.7. The molecule has 0 amide bonds. The lowest BCUT2D eigenvalue weighted by atomic mass is 9.90. The molecule has 2 heteroatoms. The SMILES string of the molecule is CC(C)CC(=O)CC1CN(C(C)C)C1. The van der Waals surface area contributed by atoms with E-state index in [-0.39, 0.29) is 0 Å². The Morgan fingerprint density at radius 2 is 1.86 bits per heavy atom. The number of hydrogen-bond acceptors (Lipinski definition) is 2. The van der Waals surface area contributed by atoms with Crippen LogP contribution >= 0.6 is 0 Å². The summed E-state index contributed by atoms with van der Waals surface area (Å²) in [6, 6.07) is 0.645. The average Bonchev–Trinajstić information content (AvgIpc) is 1.93. The summed E-state index contributed by atoms with van der Waals surface area (Å²) in [6.45, 7) is 10.9. The van der Waals surface area contributed by atoms with Crippen molar-refractivity contribution in [2.45, 2.75) is 46.6 Å². The number of carbonyl (C=O) groups is 1. The van der Waals surface area contributed by atoms with E-state index in [9.17, 15) is 4.79 Å². The van der Waals surface area contributed by atoms with Gasteiger partial charge in [0.25, 0.3) is 0 Å². The second-order valence-corrected chi connectivity index (χ2v) is 5.25. The van der Waals surface area contributed by atoms with Crippen LogP contribution in [0.3, 0.4) is 0 Å². The summed E-state index contributed by atoms with van der Waals surface area (Å²) >= 11 is 0. The normalized spacial score (nSPS) is 19.0. The minimum absolute atomic E-state index is 0.452. The van der Waals surface area contributed by atoms with Gasteiger partial charge in [0.1, 0.15) is 5.78 Å². The molecule has 1 heterocycles. The topological polar surface area (TPSA) is 20.3 Å². The number of rotatable bonds is 5. The van der Waals surface area contributed by atoms with E-state index in [0.717, 1.165) is 25.9 Å². The molecule has 0 aliphatic carbocycles. The van der Waals surface area contributed by atoms with Gasteiger partial charge in [0, 0.05) is 32.0 Å². The third-order valence-corrected chi connectivity index (χ3v) is 2.87. The predicted molar refractivity (Wildman–Crippen MR) is 59.3 cm³/mol. The van der Waals surface area contributed by atoms with Gasteiger partial charge >= 0.3 is 0 Å². The van der Waals surface area contributed by atoms with Crippen molar-refractivity contribution in [3.05, 3.63) is 0 Å². The Kier molecular flexibility index (Phi) is 4.11. The van der Waals surface area contributed by atoms with E-state index in [1.165, 1.54) is 0 Å². The van der Waals surface area contributed by atoms with Crippen LogP contribution in [-0.2, 0) is 4.79 Å². The smallest absolute Gasteiger partial charge is 0.133 e. The van der Waals surface area contributed by atoms with Crippen molar-refractivity contribution in [3.63, 3.8) is 0 Å². The van der Waals surface area contributed by atoms with E-state index in [2.05, 4.69) is 32.6 Å². The van der Waals surface area contributed by atoms with Gasteiger partial charge in [0.05, 0.1) is 0 Å². The van der Waals surface area contributed by atoms with Gasteiger partial charge in [0.2, 0.25) is 0 Å². The highest BCUT2D eigenvalue weighted by Crippen LogP contribution is 2.22. The van der Waals surface area contributed by atoms with E-state index in [4.69, 9.17) is 0 Å². The number of Topliss-reactive ketones (excluding diaryl/α,β-unsaturated/α-hetero) is 1. The van der Waals surface area contributed by atoms with Gasteiger partial charge in [-0.25, -0.2) is 0 Å². The number of hydrogen-bond donors (Lipinski definition) is 0. The summed E-state index contributed by atoms with van der Waals surface area (Å²) in [5.41, 5.74) is 0. The first-order valence-corrected chi connectivity index (χ1v) is 5.74. The van der Waals surface area contributed by atoms with Crippen molar-refractivity contribution >= 4 is 5.78 Å². The lowest BCUT2D eigenvalue weighted by Crippen LogP contribution is -2.50. The third kappa shape index (κ3) is 3.41. The highest BCUT2D eigenvalue weighted by molar-refractivity contribution is 5.78. The van der Waals surface area contributed by atoms with Crippen molar-refractivity contribution in [2.75, 3.05) is 13.1 Å². The Morgan fingerprint density at radius 1 is 1.29 bits per heavy atom. The molecule has 0 aromatic carbocycles. The quantitative estimate of drug-likeness (QED) is 0.674. The molecule has 0 radical (unpaired) electrons. The molecule has 0 aromatic rings. The molecular weight excluding hydrogens is 174 g/mol. The van der Waals surface area contributed by atoms with Crippen molar-refractivity contribution < 1.29 is 4.79 Å². The summed E-state index contributed by atoms with van der Waals surface area (Å²) in [5, 5.41) is 0. The van der Waals surface area contributed by atoms with Crippen LogP contribution in [-0.4, -0.2) is 29.8 Å². The number of ketones is 1. The summed E-state index contributed by atoms with van der Waals surface area (Å²) < 4.78 is 0. The van der Waals surface area contributed by atoms with Crippen LogP contribution in [0.5, 0.6) is 0 Å². The first-order valence-electron chi connectivity index (χ1n) is 5.74. The fourth-order valence-electron chi connectivity index (χ4n) is 2.02. The standard InChI is InChI=1S/C12H23NO/c1-9(2)5-12(14)6-11-7-13(8-11)10(3)4/h9-11H,5-8H2,1-4H3. The molecule has 0 saturated carbocycles. The van der Waals surface area contributed by atoms with Gasteiger partial charge in [-0.05, 0) is 25.7 Å². The largest absolute Gasteiger partial charge is 0.300 e. The minimum atomic E-state index is 0.452. The Labute approximate surface area is 87.7 Å². The molecular formula is C12H23NO. The van der Waals surface area contributed by atoms with Crippen LogP contribution in [0.4, 0.5) is 0 Å². The number of likely N-dealkylation sites (tertiary alicyclic amines) is 1. The van der Waals surface area contributed by atoms with Gasteiger partial charge in [-0.3, -0.25) is 4.79 Å². The zero-order valence-corrected chi connectivity index (χ0v) is 9.92. The molecule has 0 bridgehead atoms. The third-order valence-electron chi connectivity index (χ3n) is 2.87. The maximum atomic E-state index is 11.5. The van der Waals surface area contributed by atoms with Crippen LogP contribution in [0.25, 0.3) is 0 Å². The van der Waals surface area contributed by atoms with E-state index < -0.39 is 0 Å². The monoisotopic (exact) mass is 197 g/mol. The minimum Gasteiger partial charge on any atom is -0.300 e. The van der Waals surface area contributed by atoms with E-state index >= 15 is 0 Å². The zero-order valence-electron chi connectivity index (χ0n) is 9.92. The van der Waals surface area contributed by atoms with E-state index in [1.54, 1.807) is 0 Å². The molecule has 14 heavy (non-hydrogen) atoms. The van der Waals surface area contributed by atoms with Crippen molar-refractivity contribution in [1.82, 2.24) is 4.90 Å². The van der Waals surface area contributed by atoms with Gasteiger partial charge in [-0.1, -0.05) is 13.8 Å². The number of nitrogens with zero attached hydrogens (tertiary/aromatic N) is 1. The van der Waals surface area contributed by atoms with Crippen molar-refractivity contribution in [3.8, 4) is 0 Å². The fraction of sp³-hybridized carbons (Fsp3) is 0.917. The highest BCUT2D eigenvalue weighted by atomic mass is 16.1. The maximum absolute atomic E-state index is 11.5.